The highest BCUT2D eigenvalue weighted by atomic mass is 79.9. The zero-order valence-electron chi connectivity index (χ0n) is 15.7. The molecule has 0 fully saturated rings. The summed E-state index contributed by atoms with van der Waals surface area (Å²) < 4.78 is 14.2. The van der Waals surface area contributed by atoms with Crippen LogP contribution in [0, 0.1) is 5.82 Å². The Hall–Kier alpha value is -2.14. The zero-order valence-corrected chi connectivity index (χ0v) is 17.2. The topological polar surface area (TPSA) is 40.5 Å². The largest absolute Gasteiger partial charge is 0.465 e. The van der Waals surface area contributed by atoms with Crippen LogP contribution in [0.15, 0.2) is 65.2 Å². The predicted molar refractivity (Wildman–Crippen MR) is 110 cm³/mol. The van der Waals surface area contributed by atoms with Crippen molar-refractivity contribution in [2.75, 3.05) is 6.54 Å². The minimum Gasteiger partial charge on any atom is -0.465 e. The summed E-state index contributed by atoms with van der Waals surface area (Å²) in [5, 5.41) is 9.71. The van der Waals surface area contributed by atoms with Crippen molar-refractivity contribution in [3.8, 4) is 0 Å². The average molecular weight is 434 g/mol. The Morgan fingerprint density at radius 1 is 1.15 bits per heavy atom. The smallest absolute Gasteiger partial charge is 0.407 e. The normalized spacial score (nSPS) is 13.0. The molecule has 0 heterocycles. The molecule has 5 heteroatoms. The van der Waals surface area contributed by atoms with E-state index in [1.54, 1.807) is 12.1 Å². The van der Waals surface area contributed by atoms with Crippen LogP contribution >= 0.6 is 15.9 Å². The fraction of sp³-hybridized carbons (Fsp3) is 0.318. The van der Waals surface area contributed by atoms with Crippen LogP contribution in [0.4, 0.5) is 9.18 Å². The van der Waals surface area contributed by atoms with E-state index in [1.165, 1.54) is 17.0 Å². The highest BCUT2D eigenvalue weighted by Crippen LogP contribution is 2.29. The summed E-state index contributed by atoms with van der Waals surface area (Å²) in [5.74, 6) is -0.175. The second kappa shape index (κ2) is 9.70. The summed E-state index contributed by atoms with van der Waals surface area (Å²) in [6.45, 7) is 8.22. The molecule has 0 saturated carbocycles. The van der Waals surface area contributed by atoms with E-state index >= 15 is 0 Å². The van der Waals surface area contributed by atoms with Gasteiger partial charge in [0.15, 0.2) is 0 Å². The van der Waals surface area contributed by atoms with E-state index < -0.39 is 6.09 Å². The maximum atomic E-state index is 13.2. The van der Waals surface area contributed by atoms with Crippen molar-refractivity contribution in [2.45, 2.75) is 38.6 Å². The van der Waals surface area contributed by atoms with Crippen molar-refractivity contribution in [1.82, 2.24) is 4.90 Å². The maximum Gasteiger partial charge on any atom is 0.407 e. The Morgan fingerprint density at radius 2 is 1.70 bits per heavy atom. The molecule has 1 amide bonds. The van der Waals surface area contributed by atoms with E-state index in [0.717, 1.165) is 27.6 Å². The molecular weight excluding hydrogens is 409 g/mol. The van der Waals surface area contributed by atoms with Gasteiger partial charge < -0.3 is 10.0 Å². The van der Waals surface area contributed by atoms with Gasteiger partial charge in [-0.15, -0.1) is 6.58 Å². The van der Waals surface area contributed by atoms with Crippen LogP contribution in [-0.4, -0.2) is 22.6 Å². The van der Waals surface area contributed by atoms with E-state index in [1.807, 2.05) is 38.1 Å². The third-order valence-corrected chi connectivity index (χ3v) is 5.25. The van der Waals surface area contributed by atoms with E-state index in [9.17, 15) is 14.3 Å². The molecule has 0 saturated heterocycles. The molecule has 2 atom stereocenters. The fourth-order valence-electron chi connectivity index (χ4n) is 3.21. The van der Waals surface area contributed by atoms with E-state index in [-0.39, 0.29) is 17.8 Å². The van der Waals surface area contributed by atoms with Gasteiger partial charge in [0.1, 0.15) is 5.82 Å². The number of allylic oxidation sites excluding steroid dienone is 1. The molecule has 0 aliphatic rings. The maximum absolute atomic E-state index is 13.2. The second-order valence-corrected chi connectivity index (χ2v) is 7.82. The van der Waals surface area contributed by atoms with Crippen molar-refractivity contribution in [3.05, 3.63) is 82.1 Å². The SMILES string of the molecule is C=C(C)C[C@@H](CCN(C(=O)O)[C@@H](C)c1ccc(Br)cc1)c1ccc(F)cc1. The van der Waals surface area contributed by atoms with Crippen molar-refractivity contribution in [2.24, 2.45) is 0 Å². The van der Waals surface area contributed by atoms with Crippen molar-refractivity contribution in [1.29, 1.82) is 0 Å². The van der Waals surface area contributed by atoms with Crippen molar-refractivity contribution in [3.63, 3.8) is 0 Å². The number of carbonyl (C=O) groups is 1. The minimum atomic E-state index is -0.946. The molecular formula is C22H25BrFNO2. The van der Waals surface area contributed by atoms with Gasteiger partial charge in [-0.3, -0.25) is 0 Å². The molecule has 2 aromatic rings. The lowest BCUT2D eigenvalue weighted by molar-refractivity contribution is 0.126. The van der Waals surface area contributed by atoms with Gasteiger partial charge >= 0.3 is 6.09 Å². The predicted octanol–water partition coefficient (Wildman–Crippen LogP) is 6.77. The molecule has 3 nitrogen and oxygen atoms in total. The third-order valence-electron chi connectivity index (χ3n) is 4.72. The number of nitrogens with zero attached hydrogens (tertiary/aromatic N) is 1. The Kier molecular flexibility index (Phi) is 7.60. The number of rotatable bonds is 8. The first kappa shape index (κ1) is 21.2. The van der Waals surface area contributed by atoms with Crippen LogP contribution in [0.25, 0.3) is 0 Å². The van der Waals surface area contributed by atoms with Crippen LogP contribution < -0.4 is 0 Å². The van der Waals surface area contributed by atoms with Gasteiger partial charge in [-0.05, 0) is 68.0 Å². The number of amides is 1. The molecule has 0 unspecified atom stereocenters. The number of carboxylic acid groups (broad SMARTS) is 1. The summed E-state index contributed by atoms with van der Waals surface area (Å²) >= 11 is 3.40. The first-order valence-electron chi connectivity index (χ1n) is 8.92. The Morgan fingerprint density at radius 3 is 2.22 bits per heavy atom. The molecule has 0 spiro atoms. The summed E-state index contributed by atoms with van der Waals surface area (Å²) in [6.07, 6.45) is 0.441. The highest BCUT2D eigenvalue weighted by Gasteiger charge is 2.23. The molecule has 27 heavy (non-hydrogen) atoms. The van der Waals surface area contributed by atoms with Gasteiger partial charge in [-0.1, -0.05) is 45.8 Å². The van der Waals surface area contributed by atoms with Gasteiger partial charge in [0.2, 0.25) is 0 Å². The second-order valence-electron chi connectivity index (χ2n) is 6.90. The number of hydrogen-bond acceptors (Lipinski definition) is 1. The summed E-state index contributed by atoms with van der Waals surface area (Å²) in [5.41, 5.74) is 2.96. The lowest BCUT2D eigenvalue weighted by atomic mass is 9.89. The van der Waals surface area contributed by atoms with Crippen LogP contribution in [0.1, 0.15) is 49.8 Å². The van der Waals surface area contributed by atoms with Crippen LogP contribution in [0.5, 0.6) is 0 Å². The number of halogens is 2. The van der Waals surface area contributed by atoms with Gasteiger partial charge in [0, 0.05) is 11.0 Å². The standard InChI is InChI=1S/C22H25BrFNO2/c1-15(2)14-19(18-6-10-21(24)11-7-18)12-13-25(22(26)27)16(3)17-4-8-20(23)9-5-17/h4-11,16,19H,1,12-14H2,2-3H3,(H,26,27)/t16-,19+/m0/s1. The van der Waals surface area contributed by atoms with Crippen molar-refractivity contribution < 1.29 is 14.3 Å². The monoisotopic (exact) mass is 433 g/mol. The first-order valence-corrected chi connectivity index (χ1v) is 9.72. The van der Waals surface area contributed by atoms with E-state index in [2.05, 4.69) is 22.5 Å². The van der Waals surface area contributed by atoms with Crippen LogP contribution in [0.3, 0.4) is 0 Å². The average Bonchev–Trinajstić information content (AvgIpc) is 2.61. The number of hydrogen-bond donors (Lipinski definition) is 1. The molecule has 2 aromatic carbocycles. The summed E-state index contributed by atoms with van der Waals surface area (Å²) in [4.78, 5) is 13.3. The molecule has 1 N–H and O–H groups in total. The van der Waals surface area contributed by atoms with Gasteiger partial charge in [-0.25, -0.2) is 9.18 Å². The Balaban J connectivity index is 2.15. The number of benzene rings is 2. The summed E-state index contributed by atoms with van der Waals surface area (Å²) in [6, 6.07) is 13.8. The third kappa shape index (κ3) is 6.21. The quantitative estimate of drug-likeness (QED) is 0.466. The molecule has 0 aliphatic carbocycles. The molecule has 0 bridgehead atoms. The fourth-order valence-corrected chi connectivity index (χ4v) is 3.48. The van der Waals surface area contributed by atoms with E-state index in [0.29, 0.717) is 13.0 Å². The highest BCUT2D eigenvalue weighted by molar-refractivity contribution is 9.10. The van der Waals surface area contributed by atoms with Crippen LogP contribution in [0.2, 0.25) is 0 Å². The van der Waals surface area contributed by atoms with Gasteiger partial charge in [0.05, 0.1) is 6.04 Å². The first-order chi connectivity index (χ1) is 12.8. The lowest BCUT2D eigenvalue weighted by Crippen LogP contribution is -2.34. The van der Waals surface area contributed by atoms with Crippen molar-refractivity contribution >= 4 is 22.0 Å². The molecule has 0 aliphatic heterocycles. The lowest BCUT2D eigenvalue weighted by Gasteiger charge is -2.29. The van der Waals surface area contributed by atoms with Gasteiger partial charge in [-0.2, -0.15) is 0 Å². The van der Waals surface area contributed by atoms with E-state index in [4.69, 9.17) is 0 Å². The summed E-state index contributed by atoms with van der Waals surface area (Å²) in [7, 11) is 0. The Labute approximate surface area is 168 Å². The van der Waals surface area contributed by atoms with Gasteiger partial charge in [0.25, 0.3) is 0 Å². The molecule has 2 rings (SSSR count). The zero-order chi connectivity index (χ0) is 20.0. The van der Waals surface area contributed by atoms with Crippen LogP contribution in [-0.2, 0) is 0 Å². The minimum absolute atomic E-state index is 0.0991. The molecule has 0 radical (unpaired) electrons. The molecule has 144 valence electrons. The molecule has 0 aromatic heterocycles. The Bertz CT molecular complexity index is 774.